The van der Waals surface area contributed by atoms with Gasteiger partial charge in [-0.15, -0.1) is 0 Å². The van der Waals surface area contributed by atoms with E-state index in [1.165, 1.54) is 0 Å². The summed E-state index contributed by atoms with van der Waals surface area (Å²) in [6.45, 7) is 0. The SMILES string of the molecule is CN1C2=C(O)C(O)C[C@@H]1CC2.NC(=O)O. The van der Waals surface area contributed by atoms with Crippen LogP contribution in [0.1, 0.15) is 19.3 Å². The van der Waals surface area contributed by atoms with E-state index in [1.807, 2.05) is 7.05 Å². The molecule has 86 valence electrons. The van der Waals surface area contributed by atoms with Gasteiger partial charge in [0.25, 0.3) is 0 Å². The van der Waals surface area contributed by atoms with E-state index in [9.17, 15) is 10.2 Å². The molecule has 5 N–H and O–H groups in total. The predicted molar refractivity (Wildman–Crippen MR) is 53.3 cm³/mol. The number of nitrogens with two attached hydrogens (primary N) is 1. The molecule has 1 unspecified atom stereocenters. The van der Waals surface area contributed by atoms with Crippen molar-refractivity contribution in [1.29, 1.82) is 0 Å². The van der Waals surface area contributed by atoms with Crippen LogP contribution in [0.4, 0.5) is 4.79 Å². The third kappa shape index (κ3) is 2.53. The van der Waals surface area contributed by atoms with Gasteiger partial charge in [0.05, 0.1) is 5.70 Å². The van der Waals surface area contributed by atoms with Crippen molar-refractivity contribution in [2.24, 2.45) is 5.73 Å². The Morgan fingerprint density at radius 1 is 1.60 bits per heavy atom. The summed E-state index contributed by atoms with van der Waals surface area (Å²) >= 11 is 0. The van der Waals surface area contributed by atoms with Gasteiger partial charge in [-0.1, -0.05) is 0 Å². The van der Waals surface area contributed by atoms with Crippen LogP contribution in [0.2, 0.25) is 0 Å². The number of hydrogen-bond donors (Lipinski definition) is 4. The Hall–Kier alpha value is -1.43. The molecule has 0 aromatic rings. The first-order valence-electron chi connectivity index (χ1n) is 4.74. The Labute approximate surface area is 87.6 Å². The zero-order valence-electron chi connectivity index (χ0n) is 8.55. The molecular weight excluding hydrogens is 200 g/mol. The molecule has 6 heteroatoms. The molecule has 1 fully saturated rings. The third-order valence-electron chi connectivity index (χ3n) is 2.79. The van der Waals surface area contributed by atoms with Gasteiger partial charge in [-0.25, -0.2) is 4.79 Å². The van der Waals surface area contributed by atoms with Crippen LogP contribution in [0.5, 0.6) is 0 Å². The maximum atomic E-state index is 9.42. The van der Waals surface area contributed by atoms with Crippen molar-refractivity contribution in [3.05, 3.63) is 11.5 Å². The van der Waals surface area contributed by atoms with Gasteiger partial charge in [-0.05, 0) is 12.8 Å². The summed E-state index contributed by atoms with van der Waals surface area (Å²) in [5.74, 6) is 0.196. The van der Waals surface area contributed by atoms with Crippen LogP contribution in [-0.4, -0.2) is 45.5 Å². The Balaban J connectivity index is 0.000000245. The number of allylic oxidation sites excluding steroid dienone is 1. The minimum absolute atomic E-state index is 0.196. The topological polar surface area (TPSA) is 107 Å². The highest BCUT2D eigenvalue weighted by Crippen LogP contribution is 2.36. The number of primary amides is 1. The number of rotatable bonds is 0. The minimum Gasteiger partial charge on any atom is -0.508 e. The molecule has 1 amide bonds. The van der Waals surface area contributed by atoms with Gasteiger partial charge in [-0.3, -0.25) is 0 Å². The zero-order chi connectivity index (χ0) is 11.6. The van der Waals surface area contributed by atoms with E-state index in [0.717, 1.165) is 18.5 Å². The number of nitrogens with zero attached hydrogens (tertiary/aromatic N) is 1. The van der Waals surface area contributed by atoms with Crippen molar-refractivity contribution in [3.63, 3.8) is 0 Å². The first kappa shape index (κ1) is 11.6. The monoisotopic (exact) mass is 216 g/mol. The quantitative estimate of drug-likeness (QED) is 0.464. The number of carboxylic acid groups (broad SMARTS) is 1. The van der Waals surface area contributed by atoms with E-state index in [0.29, 0.717) is 12.5 Å². The Morgan fingerprint density at radius 3 is 2.67 bits per heavy atom. The summed E-state index contributed by atoms with van der Waals surface area (Å²) in [7, 11) is 1.98. The molecule has 2 aliphatic heterocycles. The fraction of sp³-hybridized carbons (Fsp3) is 0.667. The molecule has 0 saturated carbocycles. The average Bonchev–Trinajstić information content (AvgIpc) is 2.37. The highest BCUT2D eigenvalue weighted by atomic mass is 16.4. The highest BCUT2D eigenvalue weighted by Gasteiger charge is 2.36. The van der Waals surface area contributed by atoms with E-state index in [4.69, 9.17) is 9.90 Å². The molecule has 15 heavy (non-hydrogen) atoms. The van der Waals surface area contributed by atoms with Crippen LogP contribution in [0.3, 0.4) is 0 Å². The fourth-order valence-corrected chi connectivity index (χ4v) is 2.04. The van der Waals surface area contributed by atoms with E-state index >= 15 is 0 Å². The van der Waals surface area contributed by atoms with Crippen molar-refractivity contribution >= 4 is 6.09 Å². The Bertz CT molecular complexity index is 286. The zero-order valence-corrected chi connectivity index (χ0v) is 8.55. The number of amides is 1. The van der Waals surface area contributed by atoms with Crippen LogP contribution >= 0.6 is 0 Å². The lowest BCUT2D eigenvalue weighted by Crippen LogP contribution is -2.35. The van der Waals surface area contributed by atoms with Gasteiger partial charge >= 0.3 is 6.09 Å². The van der Waals surface area contributed by atoms with Crippen LogP contribution in [0, 0.1) is 0 Å². The molecule has 1 saturated heterocycles. The van der Waals surface area contributed by atoms with Gasteiger partial charge in [0, 0.05) is 19.5 Å². The predicted octanol–water partition coefficient (Wildman–Crippen LogP) is 0.238. The van der Waals surface area contributed by atoms with Crippen molar-refractivity contribution in [2.75, 3.05) is 7.05 Å². The molecule has 0 spiro atoms. The lowest BCUT2D eigenvalue weighted by atomic mass is 10.1. The van der Waals surface area contributed by atoms with Crippen LogP contribution in [-0.2, 0) is 0 Å². The second kappa shape index (κ2) is 4.39. The van der Waals surface area contributed by atoms with E-state index in [2.05, 4.69) is 10.6 Å². The summed E-state index contributed by atoms with van der Waals surface area (Å²) in [6, 6.07) is 0.455. The van der Waals surface area contributed by atoms with E-state index < -0.39 is 12.2 Å². The van der Waals surface area contributed by atoms with Gasteiger partial charge < -0.3 is 26.0 Å². The molecule has 2 rings (SSSR count). The summed E-state index contributed by atoms with van der Waals surface area (Å²) in [4.78, 5) is 10.9. The Kier molecular flexibility index (Phi) is 3.41. The molecule has 0 aliphatic carbocycles. The maximum absolute atomic E-state index is 9.42. The van der Waals surface area contributed by atoms with Crippen molar-refractivity contribution < 1.29 is 20.1 Å². The van der Waals surface area contributed by atoms with Crippen LogP contribution < -0.4 is 5.73 Å². The fourth-order valence-electron chi connectivity index (χ4n) is 2.04. The van der Waals surface area contributed by atoms with Gasteiger partial charge in [-0.2, -0.15) is 0 Å². The summed E-state index contributed by atoms with van der Waals surface area (Å²) < 4.78 is 0. The summed E-state index contributed by atoms with van der Waals surface area (Å²) in [5, 5.41) is 26.0. The van der Waals surface area contributed by atoms with E-state index in [-0.39, 0.29) is 5.76 Å². The normalized spacial score (nSPS) is 28.5. The minimum atomic E-state index is -1.33. The number of carbonyl (C=O) groups is 1. The number of fused-ring (bicyclic) bond motifs is 2. The first-order chi connectivity index (χ1) is 6.93. The smallest absolute Gasteiger partial charge is 0.402 e. The molecule has 0 aromatic carbocycles. The highest BCUT2D eigenvalue weighted by molar-refractivity contribution is 5.61. The van der Waals surface area contributed by atoms with Gasteiger partial charge in [0.15, 0.2) is 0 Å². The van der Waals surface area contributed by atoms with Gasteiger partial charge in [0.2, 0.25) is 0 Å². The molecule has 2 aliphatic rings. The third-order valence-corrected chi connectivity index (χ3v) is 2.79. The number of aliphatic hydroxyl groups is 2. The lowest BCUT2D eigenvalue weighted by molar-refractivity contribution is 0.0945. The number of aliphatic hydroxyl groups excluding tert-OH is 2. The average molecular weight is 216 g/mol. The summed E-state index contributed by atoms with van der Waals surface area (Å²) in [6.07, 6.45) is 0.747. The molecule has 2 heterocycles. The maximum Gasteiger partial charge on any atom is 0.402 e. The second-order valence-corrected chi connectivity index (χ2v) is 3.73. The first-order valence-corrected chi connectivity index (χ1v) is 4.74. The van der Waals surface area contributed by atoms with Gasteiger partial charge in [0.1, 0.15) is 11.9 Å². The molecule has 0 radical (unpaired) electrons. The molecule has 0 aromatic heterocycles. The Morgan fingerprint density at radius 2 is 2.13 bits per heavy atom. The van der Waals surface area contributed by atoms with Crippen molar-refractivity contribution in [1.82, 2.24) is 4.90 Å². The summed E-state index contributed by atoms with van der Waals surface area (Å²) in [5.41, 5.74) is 4.97. The largest absolute Gasteiger partial charge is 0.508 e. The molecule has 2 bridgehead atoms. The van der Waals surface area contributed by atoms with Crippen molar-refractivity contribution in [2.45, 2.75) is 31.4 Å². The number of hydrogen-bond acceptors (Lipinski definition) is 4. The molecule has 2 atom stereocenters. The van der Waals surface area contributed by atoms with Crippen LogP contribution in [0.15, 0.2) is 11.5 Å². The molecular formula is C9H16N2O4. The standard InChI is InChI=1S/C8H13NO2.CH3NO2/c1-9-5-2-3-6(9)8(11)7(10)4-5;2-1(3)4/h5,7,10-11H,2-4H2,1H3;2H2,(H,3,4)/t5-,7?;/m0./s1. The van der Waals surface area contributed by atoms with Crippen molar-refractivity contribution in [3.8, 4) is 0 Å². The second-order valence-electron chi connectivity index (χ2n) is 3.73. The lowest BCUT2D eigenvalue weighted by Gasteiger charge is -2.30. The molecule has 6 nitrogen and oxygen atoms in total. The van der Waals surface area contributed by atoms with Crippen LogP contribution in [0.25, 0.3) is 0 Å². The van der Waals surface area contributed by atoms with E-state index in [1.54, 1.807) is 0 Å².